The van der Waals surface area contributed by atoms with Crippen LogP contribution >= 0.6 is 0 Å². The Balaban J connectivity index is 2.22. The summed E-state index contributed by atoms with van der Waals surface area (Å²) in [7, 11) is 3.33. The van der Waals surface area contributed by atoms with E-state index in [2.05, 4.69) is 17.9 Å². The highest BCUT2D eigenvalue weighted by Gasteiger charge is 2.27. The molecule has 1 aromatic carbocycles. The second-order valence-electron chi connectivity index (χ2n) is 4.73. The van der Waals surface area contributed by atoms with Crippen molar-refractivity contribution in [3.05, 3.63) is 23.8 Å². The third kappa shape index (κ3) is 3.18. The summed E-state index contributed by atoms with van der Waals surface area (Å²) < 4.78 is 16.1. The van der Waals surface area contributed by atoms with Gasteiger partial charge in [0.2, 0.25) is 0 Å². The minimum Gasteiger partial charge on any atom is -0.493 e. The van der Waals surface area contributed by atoms with E-state index in [0.29, 0.717) is 6.04 Å². The molecule has 1 fully saturated rings. The van der Waals surface area contributed by atoms with Crippen LogP contribution in [0, 0.1) is 0 Å². The molecular weight excluding hydrogens is 244 g/mol. The molecule has 1 aromatic rings. The van der Waals surface area contributed by atoms with E-state index in [-0.39, 0.29) is 0 Å². The van der Waals surface area contributed by atoms with E-state index in [9.17, 15) is 0 Å². The van der Waals surface area contributed by atoms with E-state index in [1.165, 1.54) is 10.5 Å². The maximum atomic E-state index is 5.43. The number of nitrogens with one attached hydrogen (secondary N) is 1. The van der Waals surface area contributed by atoms with Crippen LogP contribution in [-0.2, 0) is 4.74 Å². The zero-order valence-electron chi connectivity index (χ0n) is 11.8. The van der Waals surface area contributed by atoms with Gasteiger partial charge >= 0.3 is 0 Å². The van der Waals surface area contributed by atoms with Gasteiger partial charge in [0.25, 0.3) is 0 Å². The minimum absolute atomic E-state index is 0.392. The van der Waals surface area contributed by atoms with E-state index >= 15 is 0 Å². The van der Waals surface area contributed by atoms with Gasteiger partial charge in [-0.15, -0.1) is 0 Å². The molecule has 1 atom stereocenters. The molecule has 0 amide bonds. The number of quaternary nitrogens is 2. The van der Waals surface area contributed by atoms with Crippen molar-refractivity contribution < 1.29 is 24.8 Å². The fourth-order valence-corrected chi connectivity index (χ4v) is 2.66. The molecule has 5 heteroatoms. The number of benzene rings is 1. The maximum absolute atomic E-state index is 5.43. The van der Waals surface area contributed by atoms with Gasteiger partial charge in [-0.1, -0.05) is 0 Å². The maximum Gasteiger partial charge on any atom is 0.163 e. The number of morpholine rings is 1. The Kier molecular flexibility index (Phi) is 5.01. The van der Waals surface area contributed by atoms with Gasteiger partial charge in [0.05, 0.1) is 27.4 Å². The van der Waals surface area contributed by atoms with Gasteiger partial charge in [0, 0.05) is 5.56 Å². The van der Waals surface area contributed by atoms with Crippen LogP contribution in [0.4, 0.5) is 0 Å². The summed E-state index contributed by atoms with van der Waals surface area (Å²) in [6.45, 7) is 4.60. The van der Waals surface area contributed by atoms with Crippen molar-refractivity contribution in [2.24, 2.45) is 0 Å². The van der Waals surface area contributed by atoms with Crippen LogP contribution in [0.3, 0.4) is 0 Å². The Morgan fingerprint density at radius 3 is 2.47 bits per heavy atom. The Hall–Kier alpha value is -1.30. The summed E-state index contributed by atoms with van der Waals surface area (Å²) in [5.41, 5.74) is 5.36. The number of hydrogen-bond acceptors (Lipinski definition) is 3. The molecule has 0 spiro atoms. The van der Waals surface area contributed by atoms with Crippen LogP contribution in [-0.4, -0.2) is 47.1 Å². The molecule has 1 saturated heterocycles. The highest BCUT2D eigenvalue weighted by atomic mass is 16.5. The summed E-state index contributed by atoms with van der Waals surface area (Å²) in [5, 5.41) is 0. The first-order valence-corrected chi connectivity index (χ1v) is 6.73. The van der Waals surface area contributed by atoms with Crippen molar-refractivity contribution in [1.82, 2.24) is 0 Å². The standard InChI is InChI=1S/C14H22N2O3/c1-17-13-4-3-11(9-14(13)18-2)12(10-15)16-5-7-19-8-6-16/h3-4,9,12H,5-8,10,15H2,1-2H3/p+2/t12-/m1/s1. The predicted molar refractivity (Wildman–Crippen MR) is 71.6 cm³/mol. The van der Waals surface area contributed by atoms with Gasteiger partial charge in [-0.05, 0) is 18.2 Å². The fraction of sp³-hybridized carbons (Fsp3) is 0.571. The van der Waals surface area contributed by atoms with Crippen molar-refractivity contribution in [3.8, 4) is 11.5 Å². The number of rotatable bonds is 5. The zero-order chi connectivity index (χ0) is 13.7. The molecule has 106 valence electrons. The first-order chi connectivity index (χ1) is 9.30. The summed E-state index contributed by atoms with van der Waals surface area (Å²) in [6.07, 6.45) is 0. The summed E-state index contributed by atoms with van der Waals surface area (Å²) in [6, 6.07) is 6.54. The molecular formula is C14H24N2O3+2. The molecule has 1 aliphatic rings. The number of hydrogen-bond donors (Lipinski definition) is 2. The lowest BCUT2D eigenvalue weighted by Crippen LogP contribution is -3.15. The van der Waals surface area contributed by atoms with Crippen molar-refractivity contribution >= 4 is 0 Å². The quantitative estimate of drug-likeness (QED) is 0.713. The number of ether oxygens (including phenoxy) is 3. The van der Waals surface area contributed by atoms with Gasteiger partial charge in [0.15, 0.2) is 17.5 Å². The Labute approximate surface area is 114 Å². The lowest BCUT2D eigenvalue weighted by Gasteiger charge is -2.30. The van der Waals surface area contributed by atoms with E-state index < -0.39 is 0 Å². The Morgan fingerprint density at radius 2 is 1.89 bits per heavy atom. The highest BCUT2D eigenvalue weighted by molar-refractivity contribution is 5.43. The summed E-state index contributed by atoms with van der Waals surface area (Å²) >= 11 is 0. The summed E-state index contributed by atoms with van der Waals surface area (Å²) in [4.78, 5) is 1.54. The Bertz CT molecular complexity index is 406. The van der Waals surface area contributed by atoms with Crippen molar-refractivity contribution in [3.63, 3.8) is 0 Å². The molecule has 4 N–H and O–H groups in total. The smallest absolute Gasteiger partial charge is 0.163 e. The van der Waals surface area contributed by atoms with Gasteiger partial charge in [0.1, 0.15) is 19.6 Å². The molecule has 0 aliphatic carbocycles. The van der Waals surface area contributed by atoms with E-state index in [4.69, 9.17) is 14.2 Å². The molecule has 1 heterocycles. The SMILES string of the molecule is COc1ccc([C@@H](C[NH3+])[NH+]2CCOCC2)cc1OC. The van der Waals surface area contributed by atoms with Crippen LogP contribution in [0.5, 0.6) is 11.5 Å². The molecule has 2 rings (SSSR count). The predicted octanol–water partition coefficient (Wildman–Crippen LogP) is -1.10. The topological polar surface area (TPSA) is 59.8 Å². The first-order valence-electron chi connectivity index (χ1n) is 6.73. The molecule has 0 saturated carbocycles. The molecule has 1 aliphatic heterocycles. The first kappa shape index (κ1) is 14.1. The van der Waals surface area contributed by atoms with Gasteiger partial charge in [-0.3, -0.25) is 0 Å². The largest absolute Gasteiger partial charge is 0.493 e. The van der Waals surface area contributed by atoms with E-state index in [1.807, 2.05) is 6.07 Å². The number of methoxy groups -OCH3 is 2. The third-order valence-corrected chi connectivity index (χ3v) is 3.73. The average molecular weight is 268 g/mol. The normalized spacial score (nSPS) is 18.1. The monoisotopic (exact) mass is 268 g/mol. The molecule has 5 nitrogen and oxygen atoms in total. The van der Waals surface area contributed by atoms with Crippen molar-refractivity contribution in [1.29, 1.82) is 0 Å². The van der Waals surface area contributed by atoms with Crippen molar-refractivity contribution in [2.45, 2.75) is 6.04 Å². The second-order valence-corrected chi connectivity index (χ2v) is 4.73. The van der Waals surface area contributed by atoms with E-state index in [1.54, 1.807) is 14.2 Å². The van der Waals surface area contributed by atoms with Gasteiger partial charge in [-0.2, -0.15) is 0 Å². The highest BCUT2D eigenvalue weighted by Crippen LogP contribution is 2.29. The zero-order valence-corrected chi connectivity index (χ0v) is 11.8. The minimum atomic E-state index is 0.392. The third-order valence-electron chi connectivity index (χ3n) is 3.73. The summed E-state index contributed by atoms with van der Waals surface area (Å²) in [5.74, 6) is 1.55. The lowest BCUT2D eigenvalue weighted by molar-refractivity contribution is -0.944. The van der Waals surface area contributed by atoms with Crippen LogP contribution < -0.4 is 20.1 Å². The fourth-order valence-electron chi connectivity index (χ4n) is 2.66. The Morgan fingerprint density at radius 1 is 1.21 bits per heavy atom. The van der Waals surface area contributed by atoms with Gasteiger partial charge in [-0.25, -0.2) is 0 Å². The second kappa shape index (κ2) is 6.75. The molecule has 0 bridgehead atoms. The molecule has 0 radical (unpaired) electrons. The molecule has 0 unspecified atom stereocenters. The van der Waals surface area contributed by atoms with Crippen LogP contribution in [0.1, 0.15) is 11.6 Å². The molecule has 0 aromatic heterocycles. The molecule has 19 heavy (non-hydrogen) atoms. The van der Waals surface area contributed by atoms with Gasteiger partial charge < -0.3 is 24.8 Å². The average Bonchev–Trinajstić information content (AvgIpc) is 2.49. The van der Waals surface area contributed by atoms with Crippen LogP contribution in [0.2, 0.25) is 0 Å². The van der Waals surface area contributed by atoms with E-state index in [0.717, 1.165) is 44.3 Å². The van der Waals surface area contributed by atoms with Crippen LogP contribution in [0.15, 0.2) is 18.2 Å². The van der Waals surface area contributed by atoms with Crippen molar-refractivity contribution in [2.75, 3.05) is 47.1 Å². The lowest BCUT2D eigenvalue weighted by atomic mass is 10.0. The van der Waals surface area contributed by atoms with Crippen LogP contribution in [0.25, 0.3) is 0 Å².